The molecule has 1 fully saturated rings. The minimum atomic E-state index is -1.90. The van der Waals surface area contributed by atoms with Crippen LogP contribution in [0.4, 0.5) is 9.52 Å². The van der Waals surface area contributed by atoms with Gasteiger partial charge in [-0.1, -0.05) is 12.2 Å². The van der Waals surface area contributed by atoms with Gasteiger partial charge in [-0.3, -0.25) is 24.1 Å². The van der Waals surface area contributed by atoms with Crippen LogP contribution in [0.3, 0.4) is 0 Å². The quantitative estimate of drug-likeness (QED) is 0.0716. The van der Waals surface area contributed by atoms with E-state index in [1.165, 1.54) is 5.38 Å². The Bertz CT molecular complexity index is 1830. The van der Waals surface area contributed by atoms with Crippen LogP contribution >= 0.6 is 35.3 Å². The van der Waals surface area contributed by atoms with Gasteiger partial charge in [0, 0.05) is 34.7 Å². The molecule has 3 atom stereocenters. The van der Waals surface area contributed by atoms with Crippen molar-refractivity contribution < 1.29 is 43.6 Å². The van der Waals surface area contributed by atoms with Crippen LogP contribution in [0.5, 0.6) is 5.75 Å². The van der Waals surface area contributed by atoms with Gasteiger partial charge in [-0.05, 0) is 11.1 Å². The number of hydrogen-bond donors (Lipinski definition) is 5. The summed E-state index contributed by atoms with van der Waals surface area (Å²) < 4.78 is 14.5. The zero-order valence-corrected chi connectivity index (χ0v) is 25.2. The molecule has 3 aromatic rings. The maximum absolute atomic E-state index is 13.7. The molecule has 0 aromatic carbocycles. The number of β-lactam (4-membered cyclic amide) rings is 1. The van der Waals surface area contributed by atoms with Crippen LogP contribution in [0.15, 0.2) is 52.7 Å². The van der Waals surface area contributed by atoms with Crippen LogP contribution in [-0.2, 0) is 20.9 Å². The number of thiocarbonyl (C=S) groups is 1. The number of aromatic nitrogens is 3. The number of pyridine rings is 2. The molecule has 234 valence electrons. The number of nitrogens with two attached hydrogens (primary N) is 1. The van der Waals surface area contributed by atoms with Crippen molar-refractivity contribution in [2.75, 3.05) is 18.2 Å². The van der Waals surface area contributed by atoms with Crippen LogP contribution in [0.1, 0.15) is 27.8 Å². The Hall–Kier alpha value is -4.88. The molecule has 0 bridgehead atoms. The number of hydrogen-bond acceptors (Lipinski definition) is 13. The van der Waals surface area contributed by atoms with E-state index in [4.69, 9.17) is 18.0 Å². The Morgan fingerprint density at radius 1 is 1.33 bits per heavy atom. The van der Waals surface area contributed by atoms with Gasteiger partial charge in [0.15, 0.2) is 41.4 Å². The highest BCUT2D eigenvalue weighted by Crippen LogP contribution is 2.47. The number of carboxylic acid groups (broad SMARTS) is 1. The van der Waals surface area contributed by atoms with E-state index in [0.717, 1.165) is 33.4 Å². The fraction of sp³-hybridized carbons (Fsp3) is 0.231. The first-order valence-corrected chi connectivity index (χ1v) is 15.2. The number of nitrogens with zero attached hydrogens (tertiary/aromatic N) is 4. The van der Waals surface area contributed by atoms with Crippen LogP contribution < -0.4 is 31.5 Å². The van der Waals surface area contributed by atoms with E-state index in [0.29, 0.717) is 17.8 Å². The van der Waals surface area contributed by atoms with Crippen molar-refractivity contribution in [3.63, 3.8) is 0 Å². The van der Waals surface area contributed by atoms with E-state index in [1.54, 1.807) is 29.1 Å². The zero-order chi connectivity index (χ0) is 32.6. The average Bonchev–Trinajstić information content (AvgIpc) is 3.45. The van der Waals surface area contributed by atoms with E-state index < -0.39 is 69.9 Å². The topological polar surface area (TPSA) is 224 Å². The molecule has 5 heterocycles. The number of thioether (sulfide) groups is 1. The highest BCUT2D eigenvalue weighted by atomic mass is 32.2. The number of carbonyl (C=O) groups is 4. The van der Waals surface area contributed by atoms with Crippen molar-refractivity contribution in [3.8, 4) is 5.75 Å². The first-order chi connectivity index (χ1) is 21.4. The number of aliphatic carboxylic acids is 1. The third kappa shape index (κ3) is 5.60. The smallest absolute Gasteiger partial charge is 0.272 e. The average molecular weight is 676 g/mol. The molecule has 5 rings (SSSR count). The first-order valence-electron chi connectivity index (χ1n) is 12.8. The predicted molar refractivity (Wildman–Crippen MR) is 158 cm³/mol. The molecule has 3 aromatic heterocycles. The summed E-state index contributed by atoms with van der Waals surface area (Å²) in [6.45, 7) is -0.490. The van der Waals surface area contributed by atoms with E-state index >= 15 is 0 Å². The standard InChI is InChI=1S/C26H22FN7O8S3/c27-3-6-32-4-1-12(2-5-32)13-9-44-24-26(11-43,23(41)34(24)19(13)22(39)40)31-21(38)18(14-10-45-25(28)29-14)30-20(37)15-7-16(35)17(36)8-33(15)42/h1-2,4-5,7-8,10-11,18,24,42H,3,6,9H2,(H5-,28,29,30,31,36,37,38,39,40)/t18?,24-,26+/m1/s1. The number of anilines is 1. The summed E-state index contributed by atoms with van der Waals surface area (Å²) >= 11 is 7.21. The number of carboxylic acids is 1. The number of amides is 3. The summed E-state index contributed by atoms with van der Waals surface area (Å²) in [5.74, 6) is -5.41. The minimum Gasteiger partial charge on any atom is -0.543 e. The van der Waals surface area contributed by atoms with Gasteiger partial charge in [0.2, 0.25) is 11.3 Å². The Morgan fingerprint density at radius 2 is 2.04 bits per heavy atom. The maximum Gasteiger partial charge on any atom is 0.272 e. The van der Waals surface area contributed by atoms with E-state index in [9.17, 15) is 43.8 Å². The lowest BCUT2D eigenvalue weighted by Crippen LogP contribution is -2.81. The number of aromatic hydroxyl groups is 1. The molecule has 15 nitrogen and oxygen atoms in total. The number of nitrogen functional groups attached to an aromatic ring is 1. The molecule has 2 aliphatic heterocycles. The van der Waals surface area contributed by atoms with Gasteiger partial charge in [0.05, 0.1) is 23.6 Å². The van der Waals surface area contributed by atoms with E-state index in [2.05, 4.69) is 15.6 Å². The first kappa shape index (κ1) is 31.5. The lowest BCUT2D eigenvalue weighted by molar-refractivity contribution is -0.696. The van der Waals surface area contributed by atoms with Crippen molar-refractivity contribution in [1.29, 1.82) is 0 Å². The van der Waals surface area contributed by atoms with Crippen LogP contribution in [0.2, 0.25) is 0 Å². The Balaban J connectivity index is 1.45. The monoisotopic (exact) mass is 675 g/mol. The molecule has 0 spiro atoms. The molecular formula is C26H22FN7O8S3. The number of carbonyl (C=O) groups excluding carboxylic acids is 4. The molecule has 45 heavy (non-hydrogen) atoms. The number of nitrogens with one attached hydrogen (secondary N) is 2. The van der Waals surface area contributed by atoms with Gasteiger partial charge >= 0.3 is 0 Å². The molecule has 19 heteroatoms. The molecular weight excluding hydrogens is 654 g/mol. The molecule has 0 aliphatic carbocycles. The Labute approximate surface area is 265 Å². The lowest BCUT2D eigenvalue weighted by Gasteiger charge is -2.56. The van der Waals surface area contributed by atoms with Crippen molar-refractivity contribution in [2.24, 2.45) is 0 Å². The van der Waals surface area contributed by atoms with Gasteiger partial charge in [-0.15, -0.1) is 23.1 Å². The number of fused-ring (bicyclic) bond motifs is 1. The van der Waals surface area contributed by atoms with Crippen molar-refractivity contribution in [3.05, 3.63) is 75.0 Å². The number of thiazole rings is 1. The Morgan fingerprint density at radius 3 is 2.64 bits per heavy atom. The van der Waals surface area contributed by atoms with E-state index in [-0.39, 0.29) is 33.4 Å². The van der Waals surface area contributed by atoms with Gasteiger partial charge < -0.3 is 36.6 Å². The second kappa shape index (κ2) is 12.3. The summed E-state index contributed by atoms with van der Waals surface area (Å²) in [4.78, 5) is 69.6. The lowest BCUT2D eigenvalue weighted by atomic mass is 9.87. The number of rotatable bonds is 10. The van der Waals surface area contributed by atoms with Crippen molar-refractivity contribution >= 4 is 75.1 Å². The summed E-state index contributed by atoms with van der Waals surface area (Å²) in [6, 6.07) is 2.17. The minimum absolute atomic E-state index is 0.0337. The molecule has 0 saturated carbocycles. The van der Waals surface area contributed by atoms with Crippen LogP contribution in [0.25, 0.3) is 5.57 Å². The zero-order valence-electron chi connectivity index (χ0n) is 22.7. The highest BCUT2D eigenvalue weighted by molar-refractivity contribution is 8.00. The number of aryl methyl sites for hydroxylation is 1. The van der Waals surface area contributed by atoms with Crippen LogP contribution in [0, 0.1) is 0 Å². The fourth-order valence-electron chi connectivity index (χ4n) is 4.82. The van der Waals surface area contributed by atoms with Gasteiger partial charge in [0.25, 0.3) is 11.8 Å². The maximum atomic E-state index is 13.7. The van der Waals surface area contributed by atoms with E-state index in [1.807, 2.05) is 0 Å². The molecule has 0 radical (unpaired) electrons. The van der Waals surface area contributed by atoms with Gasteiger partial charge in [-0.25, -0.2) is 13.9 Å². The number of halogens is 1. The van der Waals surface area contributed by atoms with Gasteiger partial charge in [0.1, 0.15) is 17.7 Å². The predicted octanol–water partition coefficient (Wildman–Crippen LogP) is -1.51. The second-order valence-electron chi connectivity index (χ2n) is 9.71. The second-order valence-corrected chi connectivity index (χ2v) is 11.9. The van der Waals surface area contributed by atoms with Crippen molar-refractivity contribution in [1.82, 2.24) is 25.2 Å². The third-order valence-corrected chi connectivity index (χ3v) is 9.44. The fourth-order valence-corrected chi connectivity index (χ4v) is 7.25. The summed E-state index contributed by atoms with van der Waals surface area (Å²) in [5.41, 5.74) is 2.48. The SMILES string of the molecule is Nc1nc(C(NC(=O)c2cc(=O)c(O)cn2O)C(=O)N[C@@]2(C=S)C(=O)N3C(C(=O)[O-])=C(c4cc[n+](CCF)cc4)CS[C@@H]32)cs1. The Kier molecular flexibility index (Phi) is 8.59. The largest absolute Gasteiger partial charge is 0.543 e. The molecule has 2 aliphatic rings. The normalized spacial score (nSPS) is 19.7. The summed E-state index contributed by atoms with van der Waals surface area (Å²) in [5, 5.41) is 38.1. The molecule has 3 amide bonds. The third-order valence-electron chi connectivity index (χ3n) is 7.02. The van der Waals surface area contributed by atoms with Crippen molar-refractivity contribution in [2.45, 2.75) is 23.5 Å². The highest BCUT2D eigenvalue weighted by Gasteiger charge is 2.64. The number of alkyl halides is 1. The molecule has 1 saturated heterocycles. The van der Waals surface area contributed by atoms with Crippen LogP contribution in [-0.4, -0.2) is 77.3 Å². The molecule has 1 unspecified atom stereocenters. The summed E-state index contributed by atoms with van der Waals surface area (Å²) in [7, 11) is 0. The van der Waals surface area contributed by atoms with Gasteiger partial charge in [-0.2, -0.15) is 4.73 Å². The summed E-state index contributed by atoms with van der Waals surface area (Å²) in [6.07, 6.45) is 3.72. The molecule has 6 N–H and O–H groups in total.